The molecule has 0 aliphatic carbocycles. The molecule has 1 fully saturated rings. The van der Waals surface area contributed by atoms with Gasteiger partial charge in [0.25, 0.3) is 0 Å². The highest BCUT2D eigenvalue weighted by Crippen LogP contribution is 2.22. The Morgan fingerprint density at radius 2 is 1.92 bits per heavy atom. The molecule has 0 saturated carbocycles. The second-order valence-electron chi connectivity index (χ2n) is 3.47. The Kier molecular flexibility index (Phi) is 3.26. The predicted octanol–water partition coefficient (Wildman–Crippen LogP) is 0.184. The van der Waals surface area contributed by atoms with Crippen LogP contribution in [0.2, 0.25) is 0 Å². The average Bonchev–Trinajstić information content (AvgIpc) is 2.02. The summed E-state index contributed by atoms with van der Waals surface area (Å²) in [5, 5.41) is 0. The van der Waals surface area contributed by atoms with Crippen LogP contribution in [0.15, 0.2) is 0 Å². The molecule has 1 rings (SSSR count). The third kappa shape index (κ3) is 4.02. The van der Waals surface area contributed by atoms with E-state index in [-0.39, 0.29) is 6.42 Å². The van der Waals surface area contributed by atoms with Crippen LogP contribution in [0.1, 0.15) is 19.3 Å². The first-order valence-corrected chi connectivity index (χ1v) is 5.76. The fraction of sp³-hybridized carbons (Fsp3) is 1.00. The van der Waals surface area contributed by atoms with E-state index in [0.717, 1.165) is 0 Å². The zero-order chi connectivity index (χ0) is 9.95. The number of nitrogens with two attached hydrogens (primary N) is 1. The first kappa shape index (κ1) is 10.9. The zero-order valence-corrected chi connectivity index (χ0v) is 8.15. The van der Waals surface area contributed by atoms with Crippen LogP contribution in [0.5, 0.6) is 0 Å². The van der Waals surface area contributed by atoms with Crippen LogP contribution in [-0.4, -0.2) is 32.9 Å². The van der Waals surface area contributed by atoms with Gasteiger partial charge in [-0.3, -0.25) is 0 Å². The smallest absolute Gasteiger partial charge is 0.302 e. The van der Waals surface area contributed by atoms with Crippen LogP contribution >= 0.6 is 0 Å². The molecule has 0 atom stereocenters. The Balaban J connectivity index is 2.42. The molecule has 13 heavy (non-hydrogen) atoms. The van der Waals surface area contributed by atoms with Gasteiger partial charge in [0.05, 0.1) is 5.75 Å². The van der Waals surface area contributed by atoms with Gasteiger partial charge in [0, 0.05) is 18.8 Å². The van der Waals surface area contributed by atoms with Gasteiger partial charge in [0.1, 0.15) is 0 Å². The molecular weight excluding hydrogens is 197 g/mol. The number of hydrogen-bond acceptors (Lipinski definition) is 4. The summed E-state index contributed by atoms with van der Waals surface area (Å²) in [5.74, 6) is -0.483. The highest BCUT2D eigenvalue weighted by Gasteiger charge is 2.29. The van der Waals surface area contributed by atoms with Gasteiger partial charge in [-0.25, -0.2) is 0 Å². The lowest BCUT2D eigenvalue weighted by Gasteiger charge is -2.32. The highest BCUT2D eigenvalue weighted by atomic mass is 32.3. The molecule has 0 radical (unpaired) electrons. The van der Waals surface area contributed by atoms with Gasteiger partial charge in [-0.15, -0.1) is 3.89 Å². The lowest BCUT2D eigenvalue weighted by molar-refractivity contribution is 0.0521. The summed E-state index contributed by atoms with van der Waals surface area (Å²) in [6.07, 6.45) is 1.38. The molecule has 6 heteroatoms. The molecule has 0 bridgehead atoms. The summed E-state index contributed by atoms with van der Waals surface area (Å²) in [6.45, 7) is 1.06. The van der Waals surface area contributed by atoms with E-state index in [4.69, 9.17) is 10.5 Å². The normalized spacial score (nSPS) is 22.9. The fourth-order valence-corrected chi connectivity index (χ4v) is 2.00. The van der Waals surface area contributed by atoms with Crippen LogP contribution in [0.25, 0.3) is 0 Å². The monoisotopic (exact) mass is 211 g/mol. The van der Waals surface area contributed by atoms with E-state index in [9.17, 15) is 12.3 Å². The second kappa shape index (κ2) is 3.89. The van der Waals surface area contributed by atoms with Crippen LogP contribution in [0.4, 0.5) is 3.89 Å². The lowest BCUT2D eigenvalue weighted by Crippen LogP contribution is -2.46. The van der Waals surface area contributed by atoms with Gasteiger partial charge in [0.2, 0.25) is 0 Å². The molecule has 0 aromatic rings. The highest BCUT2D eigenvalue weighted by molar-refractivity contribution is 7.86. The summed E-state index contributed by atoms with van der Waals surface area (Å²) in [6, 6.07) is 0. The van der Waals surface area contributed by atoms with Crippen molar-refractivity contribution < 1.29 is 17.0 Å². The summed E-state index contributed by atoms with van der Waals surface area (Å²) in [4.78, 5) is 0. The Hall–Kier alpha value is -0.200. The molecule has 1 heterocycles. The molecule has 4 nitrogen and oxygen atoms in total. The average molecular weight is 211 g/mol. The quantitative estimate of drug-likeness (QED) is 0.676. The van der Waals surface area contributed by atoms with Crippen molar-refractivity contribution in [1.29, 1.82) is 0 Å². The standard InChI is InChI=1S/C7H14FNO3S/c8-13(10,11)6-3-7(9)1-4-12-5-2-7/h1-6,9H2. The predicted molar refractivity (Wildman–Crippen MR) is 46.5 cm³/mol. The molecule has 1 aliphatic heterocycles. The molecule has 78 valence electrons. The Morgan fingerprint density at radius 1 is 1.38 bits per heavy atom. The molecule has 2 N–H and O–H groups in total. The summed E-state index contributed by atoms with van der Waals surface area (Å²) >= 11 is 0. The molecule has 1 saturated heterocycles. The maximum Gasteiger partial charge on any atom is 0.302 e. The van der Waals surface area contributed by atoms with Crippen molar-refractivity contribution in [2.24, 2.45) is 5.73 Å². The third-order valence-corrected chi connectivity index (χ3v) is 3.02. The Morgan fingerprint density at radius 3 is 2.38 bits per heavy atom. The van der Waals surface area contributed by atoms with E-state index in [1.165, 1.54) is 0 Å². The van der Waals surface area contributed by atoms with Gasteiger partial charge in [-0.05, 0) is 19.3 Å². The van der Waals surface area contributed by atoms with E-state index in [0.29, 0.717) is 26.1 Å². The van der Waals surface area contributed by atoms with Crippen molar-refractivity contribution in [1.82, 2.24) is 0 Å². The first-order chi connectivity index (χ1) is 5.91. The van der Waals surface area contributed by atoms with Crippen molar-refractivity contribution in [3.63, 3.8) is 0 Å². The van der Waals surface area contributed by atoms with Crippen molar-refractivity contribution in [2.45, 2.75) is 24.8 Å². The fourth-order valence-electron chi connectivity index (χ4n) is 1.35. The van der Waals surface area contributed by atoms with Gasteiger partial charge in [0.15, 0.2) is 0 Å². The summed E-state index contributed by atoms with van der Waals surface area (Å²) < 4.78 is 37.8. The third-order valence-electron chi connectivity index (χ3n) is 2.33. The van der Waals surface area contributed by atoms with Crippen LogP contribution in [-0.2, 0) is 15.0 Å². The number of rotatable bonds is 3. The number of halogens is 1. The minimum Gasteiger partial charge on any atom is -0.381 e. The number of hydrogen-bond donors (Lipinski definition) is 1. The topological polar surface area (TPSA) is 69.4 Å². The van der Waals surface area contributed by atoms with Crippen molar-refractivity contribution in [2.75, 3.05) is 19.0 Å². The molecule has 0 aromatic carbocycles. The van der Waals surface area contributed by atoms with Crippen molar-refractivity contribution in [3.8, 4) is 0 Å². The van der Waals surface area contributed by atoms with Crippen LogP contribution in [0, 0.1) is 0 Å². The SMILES string of the molecule is NC1(CCS(=O)(=O)F)CCOCC1. The minimum atomic E-state index is -4.38. The lowest BCUT2D eigenvalue weighted by atomic mass is 9.89. The molecule has 0 spiro atoms. The van der Waals surface area contributed by atoms with E-state index >= 15 is 0 Å². The first-order valence-electron chi connectivity index (χ1n) is 4.20. The molecular formula is C7H14FNO3S. The minimum absolute atomic E-state index is 0.176. The van der Waals surface area contributed by atoms with Gasteiger partial charge < -0.3 is 10.5 Å². The zero-order valence-electron chi connectivity index (χ0n) is 7.33. The molecule has 0 unspecified atom stereocenters. The number of ether oxygens (including phenoxy) is 1. The van der Waals surface area contributed by atoms with Gasteiger partial charge in [-0.1, -0.05) is 0 Å². The summed E-state index contributed by atoms with van der Waals surface area (Å²) in [5.41, 5.74) is 5.30. The van der Waals surface area contributed by atoms with Crippen molar-refractivity contribution >= 4 is 10.2 Å². The van der Waals surface area contributed by atoms with Crippen molar-refractivity contribution in [3.05, 3.63) is 0 Å². The molecule has 1 aliphatic rings. The maximum atomic E-state index is 12.2. The van der Waals surface area contributed by atoms with Crippen LogP contribution < -0.4 is 5.73 Å². The van der Waals surface area contributed by atoms with Gasteiger partial charge >= 0.3 is 10.2 Å². The van der Waals surface area contributed by atoms with E-state index < -0.39 is 21.5 Å². The Labute approximate surface area is 77.5 Å². The van der Waals surface area contributed by atoms with Gasteiger partial charge in [-0.2, -0.15) is 8.42 Å². The van der Waals surface area contributed by atoms with Crippen LogP contribution in [0.3, 0.4) is 0 Å². The molecule has 0 amide bonds. The van der Waals surface area contributed by atoms with E-state index in [2.05, 4.69) is 0 Å². The van der Waals surface area contributed by atoms with E-state index in [1.54, 1.807) is 0 Å². The maximum absolute atomic E-state index is 12.2. The van der Waals surface area contributed by atoms with E-state index in [1.807, 2.05) is 0 Å². The Bertz CT molecular complexity index is 259. The second-order valence-corrected chi connectivity index (χ2v) is 4.95. The largest absolute Gasteiger partial charge is 0.381 e. The molecule has 0 aromatic heterocycles. The summed E-state index contributed by atoms with van der Waals surface area (Å²) in [7, 11) is -4.38.